The molecule has 2 aromatic rings. The summed E-state index contributed by atoms with van der Waals surface area (Å²) in [6.07, 6.45) is 4.66. The van der Waals surface area contributed by atoms with E-state index in [0.717, 1.165) is 61.5 Å². The van der Waals surface area contributed by atoms with E-state index in [1.807, 2.05) is 47.4 Å². The molecule has 2 aliphatic rings. The Labute approximate surface area is 178 Å². The second-order valence-electron chi connectivity index (χ2n) is 7.71. The summed E-state index contributed by atoms with van der Waals surface area (Å²) in [7, 11) is 0. The van der Waals surface area contributed by atoms with Gasteiger partial charge in [0, 0.05) is 19.5 Å². The maximum absolute atomic E-state index is 12.8. The molecule has 1 unspecified atom stereocenters. The SMILES string of the molecule is O=C(NCCCCOc1ccccc1)N1CCCC1c1ccc2c(c1)OCCCO2. The Morgan fingerprint density at radius 3 is 2.73 bits per heavy atom. The number of likely N-dealkylation sites (tertiary alicyclic amines) is 1. The molecule has 2 aliphatic heterocycles. The van der Waals surface area contributed by atoms with Crippen molar-refractivity contribution in [1.29, 1.82) is 0 Å². The number of nitrogens with one attached hydrogen (secondary N) is 1. The fourth-order valence-corrected chi connectivity index (χ4v) is 3.97. The molecule has 1 fully saturated rings. The first kappa shape index (κ1) is 20.4. The quantitative estimate of drug-likeness (QED) is 0.680. The molecule has 4 rings (SSSR count). The molecule has 0 spiro atoms. The fourth-order valence-electron chi connectivity index (χ4n) is 3.97. The Morgan fingerprint density at radius 2 is 1.87 bits per heavy atom. The van der Waals surface area contributed by atoms with Crippen LogP contribution in [-0.4, -0.2) is 43.8 Å². The normalized spacial score (nSPS) is 18.0. The van der Waals surface area contributed by atoms with Crippen LogP contribution >= 0.6 is 0 Å². The molecule has 0 bridgehead atoms. The summed E-state index contributed by atoms with van der Waals surface area (Å²) in [6, 6.07) is 16.0. The Hall–Kier alpha value is -2.89. The average molecular weight is 411 g/mol. The van der Waals surface area contributed by atoms with Crippen LogP contribution in [0.15, 0.2) is 48.5 Å². The number of benzene rings is 2. The summed E-state index contributed by atoms with van der Waals surface area (Å²) in [4.78, 5) is 14.7. The van der Waals surface area contributed by atoms with Crippen LogP contribution < -0.4 is 19.5 Å². The number of urea groups is 1. The van der Waals surface area contributed by atoms with Gasteiger partial charge in [-0.15, -0.1) is 0 Å². The number of fused-ring (bicyclic) bond motifs is 1. The second kappa shape index (κ2) is 10.2. The minimum Gasteiger partial charge on any atom is -0.494 e. The lowest BCUT2D eigenvalue weighted by atomic mass is 10.0. The zero-order valence-electron chi connectivity index (χ0n) is 17.3. The Morgan fingerprint density at radius 1 is 1.03 bits per heavy atom. The topological polar surface area (TPSA) is 60.0 Å². The van der Waals surface area contributed by atoms with E-state index < -0.39 is 0 Å². The summed E-state index contributed by atoms with van der Waals surface area (Å²) in [6.45, 7) is 3.44. The largest absolute Gasteiger partial charge is 0.494 e. The summed E-state index contributed by atoms with van der Waals surface area (Å²) in [5, 5.41) is 3.07. The number of para-hydroxylation sites is 1. The predicted molar refractivity (Wildman–Crippen MR) is 115 cm³/mol. The van der Waals surface area contributed by atoms with Gasteiger partial charge >= 0.3 is 6.03 Å². The zero-order chi connectivity index (χ0) is 20.6. The van der Waals surface area contributed by atoms with E-state index in [0.29, 0.717) is 26.4 Å². The van der Waals surface area contributed by atoms with E-state index in [4.69, 9.17) is 14.2 Å². The van der Waals surface area contributed by atoms with Crippen LogP contribution in [0.3, 0.4) is 0 Å². The monoisotopic (exact) mass is 410 g/mol. The molecule has 2 heterocycles. The van der Waals surface area contributed by atoms with Gasteiger partial charge in [-0.1, -0.05) is 24.3 Å². The van der Waals surface area contributed by atoms with Crippen molar-refractivity contribution in [2.45, 2.75) is 38.1 Å². The van der Waals surface area contributed by atoms with Crippen molar-refractivity contribution < 1.29 is 19.0 Å². The highest BCUT2D eigenvalue weighted by Crippen LogP contribution is 2.37. The first-order valence-corrected chi connectivity index (χ1v) is 10.9. The van der Waals surface area contributed by atoms with E-state index in [-0.39, 0.29) is 12.1 Å². The van der Waals surface area contributed by atoms with Crippen molar-refractivity contribution in [3.63, 3.8) is 0 Å². The molecular formula is C24H30N2O4. The van der Waals surface area contributed by atoms with Gasteiger partial charge in [0.1, 0.15) is 5.75 Å². The first-order valence-electron chi connectivity index (χ1n) is 10.9. The number of unbranched alkanes of at least 4 members (excludes halogenated alkanes) is 1. The van der Waals surface area contributed by atoms with E-state index in [9.17, 15) is 4.79 Å². The van der Waals surface area contributed by atoms with Crippen molar-refractivity contribution in [2.24, 2.45) is 0 Å². The van der Waals surface area contributed by atoms with E-state index in [2.05, 4.69) is 11.4 Å². The third-order valence-electron chi connectivity index (χ3n) is 5.53. The molecule has 1 atom stereocenters. The van der Waals surface area contributed by atoms with Gasteiger partial charge in [-0.2, -0.15) is 0 Å². The van der Waals surface area contributed by atoms with Gasteiger partial charge in [0.25, 0.3) is 0 Å². The summed E-state index contributed by atoms with van der Waals surface area (Å²) in [5.41, 5.74) is 1.11. The van der Waals surface area contributed by atoms with Crippen LogP contribution in [0.2, 0.25) is 0 Å². The van der Waals surface area contributed by atoms with Gasteiger partial charge in [0.05, 0.1) is 25.9 Å². The molecule has 0 radical (unpaired) electrons. The molecule has 2 amide bonds. The number of carbonyl (C=O) groups is 1. The third kappa shape index (κ3) is 5.17. The Bertz CT molecular complexity index is 827. The maximum Gasteiger partial charge on any atom is 0.317 e. The molecule has 30 heavy (non-hydrogen) atoms. The Kier molecular flexibility index (Phi) is 6.95. The maximum atomic E-state index is 12.8. The van der Waals surface area contributed by atoms with E-state index in [1.54, 1.807) is 0 Å². The van der Waals surface area contributed by atoms with Crippen LogP contribution in [0.4, 0.5) is 4.79 Å². The molecular weight excluding hydrogens is 380 g/mol. The van der Waals surface area contributed by atoms with E-state index >= 15 is 0 Å². The van der Waals surface area contributed by atoms with Gasteiger partial charge in [-0.25, -0.2) is 4.79 Å². The van der Waals surface area contributed by atoms with Crippen molar-refractivity contribution in [3.8, 4) is 17.2 Å². The number of nitrogens with zero attached hydrogens (tertiary/aromatic N) is 1. The van der Waals surface area contributed by atoms with Crippen LogP contribution in [0.5, 0.6) is 17.2 Å². The van der Waals surface area contributed by atoms with Gasteiger partial charge in [-0.3, -0.25) is 0 Å². The number of ether oxygens (including phenoxy) is 3. The van der Waals surface area contributed by atoms with Gasteiger partial charge in [-0.05, 0) is 55.5 Å². The molecule has 1 N–H and O–H groups in total. The fraction of sp³-hybridized carbons (Fsp3) is 0.458. The number of hydrogen-bond acceptors (Lipinski definition) is 4. The zero-order valence-corrected chi connectivity index (χ0v) is 17.3. The van der Waals surface area contributed by atoms with Crippen molar-refractivity contribution in [2.75, 3.05) is 32.9 Å². The standard InChI is InChI=1S/C24H30N2O4/c27-24(25-13-4-5-15-28-20-8-2-1-3-9-20)26-14-6-10-21(26)19-11-12-22-23(18-19)30-17-7-16-29-22/h1-3,8-9,11-12,18,21H,4-7,10,13-17H2,(H,25,27). The van der Waals surface area contributed by atoms with Crippen LogP contribution in [0.25, 0.3) is 0 Å². The molecule has 6 nitrogen and oxygen atoms in total. The number of rotatable bonds is 7. The van der Waals surface area contributed by atoms with Gasteiger partial charge in [0.2, 0.25) is 0 Å². The molecule has 0 aromatic heterocycles. The highest BCUT2D eigenvalue weighted by molar-refractivity contribution is 5.75. The molecule has 0 saturated carbocycles. The molecule has 2 aromatic carbocycles. The highest BCUT2D eigenvalue weighted by atomic mass is 16.5. The first-order chi connectivity index (χ1) is 14.8. The van der Waals surface area contributed by atoms with Crippen LogP contribution in [0.1, 0.15) is 43.7 Å². The third-order valence-corrected chi connectivity index (χ3v) is 5.53. The lowest BCUT2D eigenvalue weighted by molar-refractivity contribution is 0.192. The van der Waals surface area contributed by atoms with Crippen LogP contribution in [-0.2, 0) is 0 Å². The Balaban J connectivity index is 1.24. The van der Waals surface area contributed by atoms with Crippen molar-refractivity contribution in [1.82, 2.24) is 10.2 Å². The summed E-state index contributed by atoms with van der Waals surface area (Å²) in [5.74, 6) is 2.47. The molecule has 0 aliphatic carbocycles. The average Bonchev–Trinajstić information content (AvgIpc) is 3.15. The molecule has 1 saturated heterocycles. The smallest absolute Gasteiger partial charge is 0.317 e. The lowest BCUT2D eigenvalue weighted by Gasteiger charge is -2.26. The second-order valence-corrected chi connectivity index (χ2v) is 7.71. The summed E-state index contributed by atoms with van der Waals surface area (Å²) < 4.78 is 17.2. The van der Waals surface area contributed by atoms with Gasteiger partial charge in [0.15, 0.2) is 11.5 Å². The van der Waals surface area contributed by atoms with E-state index in [1.165, 1.54) is 0 Å². The molecule has 160 valence electrons. The van der Waals surface area contributed by atoms with Crippen LogP contribution in [0, 0.1) is 0 Å². The number of carbonyl (C=O) groups excluding carboxylic acids is 1. The summed E-state index contributed by atoms with van der Waals surface area (Å²) >= 11 is 0. The highest BCUT2D eigenvalue weighted by Gasteiger charge is 2.30. The number of amides is 2. The lowest BCUT2D eigenvalue weighted by Crippen LogP contribution is -2.39. The minimum absolute atomic E-state index is 0.00795. The van der Waals surface area contributed by atoms with Gasteiger partial charge < -0.3 is 24.4 Å². The number of hydrogen-bond donors (Lipinski definition) is 1. The van der Waals surface area contributed by atoms with Crippen molar-refractivity contribution in [3.05, 3.63) is 54.1 Å². The predicted octanol–water partition coefficient (Wildman–Crippen LogP) is 4.55. The van der Waals surface area contributed by atoms with Crippen molar-refractivity contribution >= 4 is 6.03 Å². The minimum atomic E-state index is 0.00795. The molecule has 6 heteroatoms.